The number of rotatable bonds is 9. The molecule has 1 saturated heterocycles. The van der Waals surface area contributed by atoms with E-state index in [-0.39, 0.29) is 18.2 Å². The van der Waals surface area contributed by atoms with E-state index in [1.165, 1.54) is 0 Å². The number of benzene rings is 1. The normalized spacial score (nSPS) is 17.9. The van der Waals surface area contributed by atoms with E-state index in [1.807, 2.05) is 18.2 Å². The van der Waals surface area contributed by atoms with E-state index in [9.17, 15) is 19.6 Å². The second-order valence-electron chi connectivity index (χ2n) is 9.95. The van der Waals surface area contributed by atoms with Crippen molar-refractivity contribution in [3.8, 4) is 11.8 Å². The quantitative estimate of drug-likeness (QED) is 0.406. The number of aromatic amines is 1. The highest BCUT2D eigenvalue weighted by atomic mass is 28.3. The van der Waals surface area contributed by atoms with Crippen LogP contribution in [0, 0.1) is 17.2 Å². The Balaban J connectivity index is 1.74. The average molecular weight is 484 g/mol. The molecule has 0 unspecified atom stereocenters. The summed E-state index contributed by atoms with van der Waals surface area (Å²) in [6.45, 7) is 6.98. The van der Waals surface area contributed by atoms with Crippen molar-refractivity contribution in [3.63, 3.8) is 0 Å². The van der Waals surface area contributed by atoms with Crippen LogP contribution in [-0.4, -0.2) is 56.5 Å². The van der Waals surface area contributed by atoms with Crippen molar-refractivity contribution in [1.82, 2.24) is 20.9 Å². The predicted molar refractivity (Wildman–Crippen MR) is 132 cm³/mol. The minimum Gasteiger partial charge on any atom is -0.496 e. The lowest BCUT2D eigenvalue weighted by Gasteiger charge is -2.27. The Hall–Kier alpha value is -3.32. The molecular weight excluding hydrogens is 450 g/mol. The van der Waals surface area contributed by atoms with Gasteiger partial charge in [0.15, 0.2) is 0 Å². The fourth-order valence-corrected chi connectivity index (χ4v) is 5.76. The number of piperidine rings is 1. The number of carbonyl (C=O) groups is 3. The van der Waals surface area contributed by atoms with Crippen LogP contribution in [0.1, 0.15) is 29.8 Å². The number of H-pyrrole nitrogens is 1. The van der Waals surface area contributed by atoms with Crippen molar-refractivity contribution in [2.24, 2.45) is 5.92 Å². The number of nitriles is 1. The molecule has 1 fully saturated rings. The first-order valence-electron chi connectivity index (χ1n) is 11.6. The van der Waals surface area contributed by atoms with Crippen molar-refractivity contribution < 1.29 is 19.1 Å². The van der Waals surface area contributed by atoms with E-state index in [4.69, 9.17) is 4.74 Å². The van der Waals surface area contributed by atoms with Crippen molar-refractivity contribution in [2.75, 3.05) is 13.7 Å². The van der Waals surface area contributed by atoms with E-state index in [0.717, 1.165) is 17.3 Å². The van der Waals surface area contributed by atoms with Crippen LogP contribution in [0.5, 0.6) is 5.75 Å². The Morgan fingerprint density at radius 2 is 2.06 bits per heavy atom. The monoisotopic (exact) mass is 483 g/mol. The van der Waals surface area contributed by atoms with Crippen LogP contribution in [0.25, 0.3) is 10.9 Å². The Morgan fingerprint density at radius 1 is 1.29 bits per heavy atom. The molecule has 1 aromatic heterocycles. The number of ether oxygens (including phenoxy) is 1. The van der Waals surface area contributed by atoms with Gasteiger partial charge in [0.25, 0.3) is 5.91 Å². The van der Waals surface area contributed by atoms with E-state index in [2.05, 4.69) is 46.6 Å². The van der Waals surface area contributed by atoms with Gasteiger partial charge in [0.1, 0.15) is 23.5 Å². The van der Waals surface area contributed by atoms with Crippen LogP contribution >= 0.6 is 0 Å². The molecule has 1 aromatic carbocycles. The highest BCUT2D eigenvalue weighted by Gasteiger charge is 2.31. The van der Waals surface area contributed by atoms with Crippen LogP contribution in [0.15, 0.2) is 24.3 Å². The van der Waals surface area contributed by atoms with Gasteiger partial charge in [-0.25, -0.2) is 0 Å². The number of hydrogen-bond acceptors (Lipinski definition) is 5. The van der Waals surface area contributed by atoms with Gasteiger partial charge in [-0.05, 0) is 43.5 Å². The Kier molecular flexibility index (Phi) is 7.99. The molecule has 0 radical (unpaired) electrons. The summed E-state index contributed by atoms with van der Waals surface area (Å²) in [5.41, 5.74) is 1.08. The molecule has 0 saturated carbocycles. The topological polar surface area (TPSA) is 136 Å². The minimum absolute atomic E-state index is 0.0815. The van der Waals surface area contributed by atoms with Gasteiger partial charge in [-0.1, -0.05) is 25.7 Å². The highest BCUT2D eigenvalue weighted by molar-refractivity contribution is 6.76. The van der Waals surface area contributed by atoms with Gasteiger partial charge < -0.3 is 25.7 Å². The zero-order valence-corrected chi connectivity index (χ0v) is 21.2. The van der Waals surface area contributed by atoms with Crippen LogP contribution in [0.2, 0.25) is 25.7 Å². The van der Waals surface area contributed by atoms with Crippen LogP contribution in [0.4, 0.5) is 0 Å². The third kappa shape index (κ3) is 6.38. The number of carbonyl (C=O) groups excluding carboxylic acids is 3. The van der Waals surface area contributed by atoms with E-state index in [1.54, 1.807) is 13.2 Å². The number of fused-ring (bicyclic) bond motifs is 1. The third-order valence-electron chi connectivity index (χ3n) is 5.92. The van der Waals surface area contributed by atoms with Gasteiger partial charge in [0.05, 0.1) is 13.2 Å². The summed E-state index contributed by atoms with van der Waals surface area (Å²) in [6, 6.07) is 8.21. The fraction of sp³-hybridized carbons (Fsp3) is 0.500. The molecule has 3 amide bonds. The first-order valence-corrected chi connectivity index (χ1v) is 15.3. The second-order valence-corrected chi connectivity index (χ2v) is 15.5. The van der Waals surface area contributed by atoms with Gasteiger partial charge in [0.2, 0.25) is 11.8 Å². The lowest BCUT2D eigenvalue weighted by molar-refractivity contribution is -0.128. The Morgan fingerprint density at radius 3 is 2.71 bits per heavy atom. The molecule has 34 heavy (non-hydrogen) atoms. The smallest absolute Gasteiger partial charge is 0.268 e. The third-order valence-corrected chi connectivity index (χ3v) is 7.55. The zero-order valence-electron chi connectivity index (χ0n) is 20.2. The van der Waals surface area contributed by atoms with Gasteiger partial charge in [0, 0.05) is 31.4 Å². The molecule has 0 aliphatic carbocycles. The summed E-state index contributed by atoms with van der Waals surface area (Å²) in [7, 11) is -0.197. The molecule has 2 heterocycles. The molecule has 0 spiro atoms. The SMILES string of the molecule is COc1cccc2[nH]c(C(=O)N[C@H](C[Si](C)(C)C)C(=O)N[C@H](C#N)C[C@@H]3CCCNC3=O)cc12. The van der Waals surface area contributed by atoms with Crippen LogP contribution in [0.3, 0.4) is 0 Å². The van der Waals surface area contributed by atoms with Gasteiger partial charge in [-0.15, -0.1) is 0 Å². The fourth-order valence-electron chi connectivity index (χ4n) is 4.25. The lowest BCUT2D eigenvalue weighted by atomic mass is 9.92. The first-order chi connectivity index (χ1) is 16.1. The maximum atomic E-state index is 13.2. The Labute approximate surface area is 200 Å². The number of nitrogens with zero attached hydrogens (tertiary/aromatic N) is 1. The summed E-state index contributed by atoms with van der Waals surface area (Å²) in [6.07, 6.45) is 1.80. The number of aromatic nitrogens is 1. The van der Waals surface area contributed by atoms with E-state index >= 15 is 0 Å². The van der Waals surface area contributed by atoms with Gasteiger partial charge >= 0.3 is 0 Å². The standard InChI is InChI=1S/C24H33N5O4Si/c1-33-21-9-5-8-18-17(21)12-19(28-18)23(31)29-20(14-34(2,3)4)24(32)27-16(13-25)11-15-7-6-10-26-22(15)30/h5,8-9,12,15-16,20,28H,6-7,10-11,14H2,1-4H3,(H,26,30)(H,27,32)(H,29,31)/t15-,16-,20+/m0/s1. The minimum atomic E-state index is -1.76. The Bertz CT molecular complexity index is 1100. The zero-order chi connectivity index (χ0) is 24.9. The van der Waals surface area contributed by atoms with Crippen molar-refractivity contribution >= 4 is 36.7 Å². The summed E-state index contributed by atoms with van der Waals surface area (Å²) in [5, 5.41) is 18.8. The maximum Gasteiger partial charge on any atom is 0.268 e. The summed E-state index contributed by atoms with van der Waals surface area (Å²) < 4.78 is 5.36. The van der Waals surface area contributed by atoms with Gasteiger partial charge in [-0.2, -0.15) is 5.26 Å². The molecule has 1 aliphatic heterocycles. The molecule has 3 rings (SSSR count). The molecule has 3 atom stereocenters. The van der Waals surface area contributed by atoms with Crippen molar-refractivity contribution in [1.29, 1.82) is 5.26 Å². The van der Waals surface area contributed by atoms with E-state index < -0.39 is 32.0 Å². The molecular formula is C24H33N5O4Si. The summed E-state index contributed by atoms with van der Waals surface area (Å²) in [4.78, 5) is 41.4. The molecule has 0 bridgehead atoms. The molecule has 9 nitrogen and oxygen atoms in total. The number of hydrogen-bond donors (Lipinski definition) is 4. The lowest BCUT2D eigenvalue weighted by Crippen LogP contribution is -2.52. The second kappa shape index (κ2) is 10.7. The molecule has 182 valence electrons. The highest BCUT2D eigenvalue weighted by Crippen LogP contribution is 2.26. The summed E-state index contributed by atoms with van der Waals surface area (Å²) >= 11 is 0. The molecule has 2 aromatic rings. The predicted octanol–water partition coefficient (Wildman–Crippen LogP) is 2.54. The first kappa shape index (κ1) is 25.3. The van der Waals surface area contributed by atoms with Crippen LogP contribution in [-0.2, 0) is 9.59 Å². The largest absolute Gasteiger partial charge is 0.496 e. The molecule has 1 aliphatic rings. The maximum absolute atomic E-state index is 13.2. The van der Waals surface area contributed by atoms with Gasteiger partial charge in [-0.3, -0.25) is 14.4 Å². The summed E-state index contributed by atoms with van der Waals surface area (Å²) in [5.74, 6) is -0.552. The number of methoxy groups -OCH3 is 1. The molecule has 4 N–H and O–H groups in total. The van der Waals surface area contributed by atoms with E-state index in [0.29, 0.717) is 30.5 Å². The number of nitrogens with one attached hydrogen (secondary N) is 4. The molecule has 10 heteroatoms. The van der Waals surface area contributed by atoms with Crippen molar-refractivity contribution in [2.45, 2.75) is 57.0 Å². The van der Waals surface area contributed by atoms with Crippen molar-refractivity contribution in [3.05, 3.63) is 30.0 Å². The number of amides is 3. The average Bonchev–Trinajstić information content (AvgIpc) is 3.23. The van der Waals surface area contributed by atoms with Crippen LogP contribution < -0.4 is 20.7 Å².